The first kappa shape index (κ1) is 18.5. The molecule has 1 fully saturated rings. The molecule has 0 unspecified atom stereocenters. The summed E-state index contributed by atoms with van der Waals surface area (Å²) < 4.78 is 11.1. The molecule has 0 saturated carbocycles. The molecule has 0 atom stereocenters. The molecule has 2 amide bonds. The lowest BCUT2D eigenvalue weighted by atomic mass is 10.1. The quantitative estimate of drug-likeness (QED) is 0.833. The maximum atomic E-state index is 12.1. The highest BCUT2D eigenvalue weighted by Gasteiger charge is 2.12. The lowest BCUT2D eigenvalue weighted by Crippen LogP contribution is -2.34. The second-order valence-corrected chi connectivity index (χ2v) is 7.23. The molecule has 2 aromatic carbocycles. The number of fused-ring (bicyclic) bond motifs is 1. The van der Waals surface area contributed by atoms with Crippen molar-refractivity contribution in [2.24, 2.45) is 0 Å². The van der Waals surface area contributed by atoms with E-state index in [0.29, 0.717) is 26.3 Å². The van der Waals surface area contributed by atoms with Crippen LogP contribution < -0.4 is 25.0 Å². The second kappa shape index (κ2) is 8.87. The van der Waals surface area contributed by atoms with Crippen molar-refractivity contribution in [3.63, 3.8) is 0 Å². The number of urea groups is 1. The van der Waals surface area contributed by atoms with Gasteiger partial charge in [-0.3, -0.25) is 0 Å². The summed E-state index contributed by atoms with van der Waals surface area (Å²) in [5.41, 5.74) is 3.34. The van der Waals surface area contributed by atoms with E-state index in [2.05, 4.69) is 39.8 Å². The van der Waals surface area contributed by atoms with Crippen LogP contribution in [0.25, 0.3) is 0 Å². The molecule has 1 saturated heterocycles. The Hall–Kier alpha value is -2.89. The van der Waals surface area contributed by atoms with Crippen molar-refractivity contribution in [3.8, 4) is 11.5 Å². The van der Waals surface area contributed by atoms with Gasteiger partial charge in [0.2, 0.25) is 0 Å². The number of anilines is 1. The molecule has 2 aromatic rings. The first-order valence-corrected chi connectivity index (χ1v) is 10.0. The van der Waals surface area contributed by atoms with Crippen LogP contribution in [-0.4, -0.2) is 32.3 Å². The second-order valence-electron chi connectivity index (χ2n) is 7.23. The summed E-state index contributed by atoms with van der Waals surface area (Å²) in [6, 6.07) is 14.0. The Balaban J connectivity index is 1.23. The molecule has 148 valence electrons. The van der Waals surface area contributed by atoms with E-state index < -0.39 is 0 Å². The molecule has 2 N–H and O–H groups in total. The number of benzene rings is 2. The zero-order valence-electron chi connectivity index (χ0n) is 16.1. The maximum Gasteiger partial charge on any atom is 0.315 e. The zero-order chi connectivity index (χ0) is 19.2. The van der Waals surface area contributed by atoms with Crippen LogP contribution >= 0.6 is 0 Å². The number of amides is 2. The Bertz CT molecular complexity index is 801. The van der Waals surface area contributed by atoms with E-state index in [1.807, 2.05) is 18.2 Å². The van der Waals surface area contributed by atoms with Gasteiger partial charge in [0.05, 0.1) is 0 Å². The van der Waals surface area contributed by atoms with Crippen molar-refractivity contribution in [1.82, 2.24) is 10.6 Å². The lowest BCUT2D eigenvalue weighted by molar-refractivity contribution is 0.171. The molecule has 0 spiro atoms. The summed E-state index contributed by atoms with van der Waals surface area (Å²) in [5.74, 6) is 1.49. The number of nitrogens with zero attached hydrogens (tertiary/aromatic N) is 1. The molecular formula is C22H27N3O3. The van der Waals surface area contributed by atoms with Gasteiger partial charge in [0, 0.05) is 31.9 Å². The molecule has 2 aliphatic rings. The van der Waals surface area contributed by atoms with Crippen LogP contribution in [-0.2, 0) is 13.1 Å². The molecule has 2 heterocycles. The zero-order valence-corrected chi connectivity index (χ0v) is 16.1. The van der Waals surface area contributed by atoms with Gasteiger partial charge in [-0.2, -0.15) is 0 Å². The van der Waals surface area contributed by atoms with Crippen LogP contribution in [0.1, 0.15) is 30.4 Å². The third-order valence-electron chi connectivity index (χ3n) is 5.17. The highest BCUT2D eigenvalue weighted by molar-refractivity contribution is 5.73. The average Bonchev–Trinajstić information content (AvgIpc) is 2.77. The number of nitrogens with one attached hydrogen (secondary N) is 2. The van der Waals surface area contributed by atoms with E-state index in [1.54, 1.807) is 0 Å². The van der Waals surface area contributed by atoms with E-state index in [1.165, 1.54) is 24.9 Å². The largest absolute Gasteiger partial charge is 0.486 e. The number of piperidine rings is 1. The van der Waals surface area contributed by atoms with E-state index in [-0.39, 0.29) is 6.03 Å². The maximum absolute atomic E-state index is 12.1. The Morgan fingerprint density at radius 3 is 2.21 bits per heavy atom. The highest BCUT2D eigenvalue weighted by atomic mass is 16.6. The van der Waals surface area contributed by atoms with Crippen LogP contribution in [0.2, 0.25) is 0 Å². The smallest absolute Gasteiger partial charge is 0.315 e. The van der Waals surface area contributed by atoms with E-state index >= 15 is 0 Å². The SMILES string of the molecule is O=C(NCc1ccc(N2CCCCC2)cc1)NCc1ccc2c(c1)OCCO2. The average molecular weight is 381 g/mol. The van der Waals surface area contributed by atoms with Crippen molar-refractivity contribution in [2.45, 2.75) is 32.4 Å². The standard InChI is InChI=1S/C22H27N3O3/c26-22(24-16-18-6-9-20-21(14-18)28-13-12-27-20)23-15-17-4-7-19(8-5-17)25-10-2-1-3-11-25/h4-9,14H,1-3,10-13,15-16H2,(H2,23,24,26). The van der Waals surface area contributed by atoms with Gasteiger partial charge in [-0.15, -0.1) is 0 Å². The van der Waals surface area contributed by atoms with Gasteiger partial charge in [0.25, 0.3) is 0 Å². The van der Waals surface area contributed by atoms with Gasteiger partial charge in [-0.1, -0.05) is 18.2 Å². The van der Waals surface area contributed by atoms with Gasteiger partial charge in [0.1, 0.15) is 13.2 Å². The van der Waals surface area contributed by atoms with Crippen molar-refractivity contribution >= 4 is 11.7 Å². The molecule has 0 aromatic heterocycles. The summed E-state index contributed by atoms with van der Waals surface area (Å²) >= 11 is 0. The van der Waals surface area contributed by atoms with Crippen molar-refractivity contribution in [1.29, 1.82) is 0 Å². The Morgan fingerprint density at radius 1 is 0.821 bits per heavy atom. The molecule has 0 bridgehead atoms. The molecule has 0 aliphatic carbocycles. The van der Waals surface area contributed by atoms with Gasteiger partial charge in [-0.25, -0.2) is 4.79 Å². The Morgan fingerprint density at radius 2 is 1.46 bits per heavy atom. The molecule has 6 heteroatoms. The normalized spacial score (nSPS) is 15.8. The lowest BCUT2D eigenvalue weighted by Gasteiger charge is -2.28. The van der Waals surface area contributed by atoms with Crippen LogP contribution in [0.3, 0.4) is 0 Å². The predicted octanol–water partition coefficient (Wildman–Crippen LogP) is 3.45. The Labute approximate surface area is 165 Å². The highest BCUT2D eigenvalue weighted by Crippen LogP contribution is 2.30. The third-order valence-corrected chi connectivity index (χ3v) is 5.17. The molecule has 28 heavy (non-hydrogen) atoms. The number of hydrogen-bond donors (Lipinski definition) is 2. The first-order valence-electron chi connectivity index (χ1n) is 10.0. The minimum absolute atomic E-state index is 0.185. The van der Waals surface area contributed by atoms with Gasteiger partial charge in [-0.05, 0) is 54.7 Å². The van der Waals surface area contributed by atoms with E-state index in [4.69, 9.17) is 9.47 Å². The predicted molar refractivity (Wildman–Crippen MR) is 109 cm³/mol. The summed E-state index contributed by atoms with van der Waals surface area (Å²) in [4.78, 5) is 14.5. The first-order chi connectivity index (χ1) is 13.8. The number of carbonyl (C=O) groups excluding carboxylic acids is 1. The molecule has 0 radical (unpaired) electrons. The summed E-state index contributed by atoms with van der Waals surface area (Å²) in [6.45, 7) is 4.36. The monoisotopic (exact) mass is 381 g/mol. The summed E-state index contributed by atoms with van der Waals surface area (Å²) in [7, 11) is 0. The van der Waals surface area contributed by atoms with Gasteiger partial charge < -0.3 is 25.0 Å². The molecule has 6 nitrogen and oxygen atoms in total. The van der Waals surface area contributed by atoms with Crippen molar-refractivity contribution in [3.05, 3.63) is 53.6 Å². The number of ether oxygens (including phenoxy) is 2. The van der Waals surface area contributed by atoms with Crippen LogP contribution in [0.4, 0.5) is 10.5 Å². The molecule has 2 aliphatic heterocycles. The minimum Gasteiger partial charge on any atom is -0.486 e. The fourth-order valence-electron chi connectivity index (χ4n) is 3.60. The van der Waals surface area contributed by atoms with Gasteiger partial charge in [0.15, 0.2) is 11.5 Å². The molecular weight excluding hydrogens is 354 g/mol. The Kier molecular flexibility index (Phi) is 5.85. The molecule has 4 rings (SSSR count). The fourth-order valence-corrected chi connectivity index (χ4v) is 3.60. The van der Waals surface area contributed by atoms with Crippen molar-refractivity contribution < 1.29 is 14.3 Å². The van der Waals surface area contributed by atoms with E-state index in [0.717, 1.165) is 35.7 Å². The van der Waals surface area contributed by atoms with Gasteiger partial charge >= 0.3 is 6.03 Å². The topological polar surface area (TPSA) is 62.8 Å². The summed E-state index contributed by atoms with van der Waals surface area (Å²) in [5, 5.41) is 5.80. The third kappa shape index (κ3) is 4.68. The fraction of sp³-hybridized carbons (Fsp3) is 0.409. The van der Waals surface area contributed by atoms with E-state index in [9.17, 15) is 4.79 Å². The minimum atomic E-state index is -0.185. The summed E-state index contributed by atoms with van der Waals surface area (Å²) in [6.07, 6.45) is 3.87. The number of carbonyl (C=O) groups is 1. The van der Waals surface area contributed by atoms with Crippen molar-refractivity contribution in [2.75, 3.05) is 31.2 Å². The number of rotatable bonds is 5. The number of hydrogen-bond acceptors (Lipinski definition) is 4. The van der Waals surface area contributed by atoms with Crippen LogP contribution in [0.15, 0.2) is 42.5 Å². The van der Waals surface area contributed by atoms with Crippen LogP contribution in [0, 0.1) is 0 Å². The van der Waals surface area contributed by atoms with Crippen LogP contribution in [0.5, 0.6) is 11.5 Å².